The van der Waals surface area contributed by atoms with Crippen LogP contribution in [0, 0.1) is 0 Å². The van der Waals surface area contributed by atoms with E-state index in [1.165, 1.54) is 25.3 Å². The minimum absolute atomic E-state index is 0.0410. The molecule has 0 aliphatic heterocycles. The Morgan fingerprint density at radius 2 is 1.57 bits per heavy atom. The molecule has 0 aromatic heterocycles. The van der Waals surface area contributed by atoms with E-state index in [0.29, 0.717) is 5.56 Å². The molecule has 6 heteroatoms. The van der Waals surface area contributed by atoms with E-state index in [9.17, 15) is 14.7 Å². The molecule has 1 aromatic rings. The highest BCUT2D eigenvalue weighted by Crippen LogP contribution is 2.27. The third-order valence-electron chi connectivity index (χ3n) is 2.64. The number of hydrogen-bond donors (Lipinski definition) is 1. The molecule has 0 amide bonds. The summed E-state index contributed by atoms with van der Waals surface area (Å²) in [4.78, 5) is 24.3. The van der Waals surface area contributed by atoms with Crippen molar-refractivity contribution in [2.24, 2.45) is 0 Å². The lowest BCUT2D eigenvalue weighted by Crippen LogP contribution is -2.23. The third kappa shape index (κ3) is 5.65. The monoisotopic (exact) mass is 322 g/mol. The van der Waals surface area contributed by atoms with Gasteiger partial charge in [-0.05, 0) is 51.5 Å². The second-order valence-corrected chi connectivity index (χ2v) is 5.40. The van der Waals surface area contributed by atoms with Crippen LogP contribution in [0.25, 0.3) is 6.08 Å². The molecule has 0 heterocycles. The molecule has 1 rings (SSSR count). The highest BCUT2D eigenvalue weighted by atomic mass is 16.6. The lowest BCUT2D eigenvalue weighted by atomic mass is 10.1. The standard InChI is InChI=1S/C17H22O6/c1-10(2)22-16(19)13(17(20)23-11(3)4)8-12-6-7-14(18)15(9-12)21-5/h6-11,18H,1-5H3. The Hall–Kier alpha value is -2.50. The van der Waals surface area contributed by atoms with Gasteiger partial charge in [0.15, 0.2) is 11.5 Å². The summed E-state index contributed by atoms with van der Waals surface area (Å²) in [7, 11) is 1.41. The number of hydrogen-bond acceptors (Lipinski definition) is 6. The summed E-state index contributed by atoms with van der Waals surface area (Å²) in [6.07, 6.45) is 0.608. The van der Waals surface area contributed by atoms with E-state index in [0.717, 1.165) is 0 Å². The van der Waals surface area contributed by atoms with Gasteiger partial charge in [-0.15, -0.1) is 0 Å². The van der Waals surface area contributed by atoms with E-state index in [1.807, 2.05) is 0 Å². The quantitative estimate of drug-likeness (QED) is 0.375. The van der Waals surface area contributed by atoms with Crippen LogP contribution in [0.5, 0.6) is 11.5 Å². The fourth-order valence-corrected chi connectivity index (χ4v) is 1.71. The van der Waals surface area contributed by atoms with Gasteiger partial charge in [0.1, 0.15) is 5.57 Å². The smallest absolute Gasteiger partial charge is 0.345 e. The van der Waals surface area contributed by atoms with Gasteiger partial charge in [0, 0.05) is 0 Å². The van der Waals surface area contributed by atoms with Crippen LogP contribution in [0.3, 0.4) is 0 Å². The molecule has 0 atom stereocenters. The van der Waals surface area contributed by atoms with Gasteiger partial charge in [0.2, 0.25) is 0 Å². The average Bonchev–Trinajstić information content (AvgIpc) is 2.44. The number of benzene rings is 1. The van der Waals surface area contributed by atoms with Gasteiger partial charge in [-0.3, -0.25) is 0 Å². The van der Waals surface area contributed by atoms with Gasteiger partial charge in [0.25, 0.3) is 0 Å². The van der Waals surface area contributed by atoms with Crippen LogP contribution in [-0.2, 0) is 19.1 Å². The van der Waals surface area contributed by atoms with Crippen molar-refractivity contribution in [1.82, 2.24) is 0 Å². The normalized spacial score (nSPS) is 10.4. The highest BCUT2D eigenvalue weighted by molar-refractivity contribution is 6.17. The zero-order valence-corrected chi connectivity index (χ0v) is 14.0. The van der Waals surface area contributed by atoms with E-state index >= 15 is 0 Å². The maximum absolute atomic E-state index is 12.1. The minimum atomic E-state index is -0.766. The van der Waals surface area contributed by atoms with Crippen LogP contribution in [0.1, 0.15) is 33.3 Å². The van der Waals surface area contributed by atoms with E-state index < -0.39 is 11.9 Å². The van der Waals surface area contributed by atoms with Crippen LogP contribution >= 0.6 is 0 Å². The van der Waals surface area contributed by atoms with Crippen molar-refractivity contribution in [2.75, 3.05) is 7.11 Å². The Labute approximate surface area is 135 Å². The predicted octanol–water partition coefficient (Wildman–Crippen LogP) is 2.69. The van der Waals surface area contributed by atoms with Gasteiger partial charge in [-0.2, -0.15) is 0 Å². The van der Waals surface area contributed by atoms with Crippen LogP contribution in [0.2, 0.25) is 0 Å². The van der Waals surface area contributed by atoms with E-state index in [-0.39, 0.29) is 29.3 Å². The fourth-order valence-electron chi connectivity index (χ4n) is 1.71. The predicted molar refractivity (Wildman–Crippen MR) is 85.1 cm³/mol. The number of phenols is 1. The number of rotatable bonds is 6. The molecule has 0 saturated heterocycles. The molecule has 23 heavy (non-hydrogen) atoms. The molecule has 0 aliphatic carbocycles. The Morgan fingerprint density at radius 3 is 2.00 bits per heavy atom. The van der Waals surface area contributed by atoms with Crippen molar-refractivity contribution in [2.45, 2.75) is 39.9 Å². The number of aromatic hydroxyl groups is 1. The molecule has 0 unspecified atom stereocenters. The van der Waals surface area contributed by atoms with Crippen molar-refractivity contribution in [3.63, 3.8) is 0 Å². The number of esters is 2. The molecule has 0 saturated carbocycles. The first-order chi connectivity index (χ1) is 10.7. The lowest BCUT2D eigenvalue weighted by Gasteiger charge is -2.13. The first-order valence-corrected chi connectivity index (χ1v) is 7.25. The molecular formula is C17H22O6. The Morgan fingerprint density at radius 1 is 1.04 bits per heavy atom. The highest BCUT2D eigenvalue weighted by Gasteiger charge is 2.23. The molecule has 1 N–H and O–H groups in total. The maximum Gasteiger partial charge on any atom is 0.345 e. The zero-order chi connectivity index (χ0) is 17.6. The minimum Gasteiger partial charge on any atom is -0.504 e. The largest absolute Gasteiger partial charge is 0.504 e. The van der Waals surface area contributed by atoms with Crippen LogP contribution in [0.15, 0.2) is 23.8 Å². The molecule has 126 valence electrons. The van der Waals surface area contributed by atoms with Gasteiger partial charge in [0.05, 0.1) is 19.3 Å². The maximum atomic E-state index is 12.1. The number of ether oxygens (including phenoxy) is 3. The van der Waals surface area contributed by atoms with Crippen LogP contribution in [0.4, 0.5) is 0 Å². The van der Waals surface area contributed by atoms with Gasteiger partial charge in [-0.25, -0.2) is 9.59 Å². The lowest BCUT2D eigenvalue weighted by molar-refractivity contribution is -0.150. The summed E-state index contributed by atoms with van der Waals surface area (Å²) in [6.45, 7) is 6.75. The van der Waals surface area contributed by atoms with Crippen molar-refractivity contribution < 1.29 is 28.9 Å². The molecular weight excluding hydrogens is 300 g/mol. The van der Waals surface area contributed by atoms with Gasteiger partial charge >= 0.3 is 11.9 Å². The summed E-state index contributed by atoms with van der Waals surface area (Å²) in [5, 5.41) is 9.60. The van der Waals surface area contributed by atoms with Gasteiger partial charge in [-0.1, -0.05) is 6.07 Å². The summed E-state index contributed by atoms with van der Waals surface area (Å²) >= 11 is 0. The van der Waals surface area contributed by atoms with Crippen molar-refractivity contribution in [1.29, 1.82) is 0 Å². The zero-order valence-electron chi connectivity index (χ0n) is 14.0. The van der Waals surface area contributed by atoms with Crippen molar-refractivity contribution >= 4 is 18.0 Å². The van der Waals surface area contributed by atoms with E-state index in [1.54, 1.807) is 33.8 Å². The molecule has 0 aliphatic rings. The molecule has 0 radical (unpaired) electrons. The summed E-state index contributed by atoms with van der Waals surface area (Å²) in [5.74, 6) is -1.34. The first-order valence-electron chi connectivity index (χ1n) is 7.25. The van der Waals surface area contributed by atoms with Crippen molar-refractivity contribution in [3.05, 3.63) is 29.3 Å². The van der Waals surface area contributed by atoms with Crippen LogP contribution in [-0.4, -0.2) is 36.4 Å². The van der Waals surface area contributed by atoms with Gasteiger partial charge < -0.3 is 19.3 Å². The number of carbonyl (C=O) groups excluding carboxylic acids is 2. The Balaban J connectivity index is 3.21. The first kappa shape index (κ1) is 18.5. The molecule has 0 spiro atoms. The molecule has 0 bridgehead atoms. The van der Waals surface area contributed by atoms with E-state index in [4.69, 9.17) is 14.2 Å². The fraction of sp³-hybridized carbons (Fsp3) is 0.412. The molecule has 0 fully saturated rings. The SMILES string of the molecule is COc1cc(C=C(C(=O)OC(C)C)C(=O)OC(C)C)ccc1O. The van der Waals surface area contributed by atoms with E-state index in [2.05, 4.69) is 0 Å². The molecule has 1 aromatic carbocycles. The second-order valence-electron chi connectivity index (χ2n) is 5.40. The third-order valence-corrected chi connectivity index (χ3v) is 2.64. The Bertz CT molecular complexity index is 577. The second kappa shape index (κ2) is 8.22. The average molecular weight is 322 g/mol. The summed E-state index contributed by atoms with van der Waals surface area (Å²) < 4.78 is 15.2. The van der Waals surface area contributed by atoms with Crippen molar-refractivity contribution in [3.8, 4) is 11.5 Å². The summed E-state index contributed by atoms with van der Waals surface area (Å²) in [6, 6.07) is 4.45. The summed E-state index contributed by atoms with van der Waals surface area (Å²) in [5.41, 5.74) is 0.274. The Kier molecular flexibility index (Phi) is 6.63. The molecule has 6 nitrogen and oxygen atoms in total. The number of carbonyl (C=O) groups is 2. The van der Waals surface area contributed by atoms with Crippen LogP contribution < -0.4 is 4.74 Å². The number of phenolic OH excluding ortho intramolecular Hbond substituents is 1. The number of methoxy groups -OCH3 is 1. The topological polar surface area (TPSA) is 82.1 Å².